The third-order valence-corrected chi connectivity index (χ3v) is 4.52. The number of nitrogens with zero attached hydrogens (tertiary/aromatic N) is 2. The van der Waals surface area contributed by atoms with Gasteiger partial charge in [-0.3, -0.25) is 5.10 Å². The molecule has 1 saturated heterocycles. The van der Waals surface area contributed by atoms with E-state index in [-0.39, 0.29) is 6.10 Å². The Kier molecular flexibility index (Phi) is 5.21. The molecule has 0 radical (unpaired) electrons. The molecule has 1 aromatic carbocycles. The zero-order chi connectivity index (χ0) is 16.3. The van der Waals surface area contributed by atoms with Crippen LogP contribution in [0, 0.1) is 0 Å². The van der Waals surface area contributed by atoms with Crippen molar-refractivity contribution in [1.29, 1.82) is 0 Å². The smallest absolute Gasteiger partial charge is 0.197 e. The Balaban J connectivity index is 1.87. The van der Waals surface area contributed by atoms with E-state index in [4.69, 9.17) is 32.7 Å². The average molecular weight is 356 g/mol. The highest BCUT2D eigenvalue weighted by Crippen LogP contribution is 2.42. The zero-order valence-electron chi connectivity index (χ0n) is 12.9. The van der Waals surface area contributed by atoms with E-state index in [1.807, 2.05) is 6.07 Å². The average Bonchev–Trinajstić information content (AvgIpc) is 3.16. The van der Waals surface area contributed by atoms with Gasteiger partial charge in [0.05, 0.1) is 17.7 Å². The van der Waals surface area contributed by atoms with Gasteiger partial charge in [0.25, 0.3) is 0 Å². The van der Waals surface area contributed by atoms with Crippen molar-refractivity contribution in [3.63, 3.8) is 0 Å². The third kappa shape index (κ3) is 3.69. The van der Waals surface area contributed by atoms with Gasteiger partial charge in [-0.2, -0.15) is 5.10 Å². The SMILES string of the molecule is CCCC1COC(CCc2ncn[nH]2)(c2ccc(Cl)cc2Cl)O1. The Bertz CT molecular complexity index is 651. The molecule has 1 aliphatic rings. The summed E-state index contributed by atoms with van der Waals surface area (Å²) in [5.74, 6) is -0.0745. The van der Waals surface area contributed by atoms with Gasteiger partial charge in [0.15, 0.2) is 5.79 Å². The number of halogens is 2. The number of nitrogens with one attached hydrogen (secondary N) is 1. The highest BCUT2D eigenvalue weighted by atomic mass is 35.5. The summed E-state index contributed by atoms with van der Waals surface area (Å²) in [5, 5.41) is 7.88. The molecule has 0 amide bonds. The minimum absolute atomic E-state index is 0.0708. The first kappa shape index (κ1) is 16.7. The second-order valence-electron chi connectivity index (χ2n) is 5.65. The molecule has 23 heavy (non-hydrogen) atoms. The Morgan fingerprint density at radius 2 is 2.26 bits per heavy atom. The summed E-state index contributed by atoms with van der Waals surface area (Å²) in [6.07, 6.45) is 4.81. The fourth-order valence-electron chi connectivity index (χ4n) is 2.87. The van der Waals surface area contributed by atoms with Crippen LogP contribution in [0.1, 0.15) is 37.6 Å². The van der Waals surface area contributed by atoms with Crippen LogP contribution in [0.2, 0.25) is 10.0 Å². The third-order valence-electron chi connectivity index (χ3n) is 3.97. The molecule has 1 aliphatic heterocycles. The molecule has 124 valence electrons. The minimum Gasteiger partial charge on any atom is -0.343 e. The molecule has 1 aromatic heterocycles. The molecule has 0 aliphatic carbocycles. The molecule has 1 fully saturated rings. The van der Waals surface area contributed by atoms with Crippen LogP contribution in [0.5, 0.6) is 0 Å². The lowest BCUT2D eigenvalue weighted by Crippen LogP contribution is -2.29. The van der Waals surface area contributed by atoms with Gasteiger partial charge in [0, 0.05) is 23.4 Å². The van der Waals surface area contributed by atoms with Gasteiger partial charge in [-0.1, -0.05) is 42.6 Å². The van der Waals surface area contributed by atoms with Gasteiger partial charge >= 0.3 is 0 Å². The number of aromatic nitrogens is 3. The van der Waals surface area contributed by atoms with Crippen LogP contribution in [0.15, 0.2) is 24.5 Å². The minimum atomic E-state index is -0.867. The summed E-state index contributed by atoms with van der Waals surface area (Å²) in [4.78, 5) is 4.16. The van der Waals surface area contributed by atoms with Crippen molar-refractivity contribution in [2.45, 2.75) is 44.5 Å². The maximum absolute atomic E-state index is 6.40. The molecular weight excluding hydrogens is 337 g/mol. The normalized spacial score (nSPS) is 24.2. The van der Waals surface area contributed by atoms with Crippen LogP contribution in [0.25, 0.3) is 0 Å². The maximum Gasteiger partial charge on any atom is 0.197 e. The van der Waals surface area contributed by atoms with Gasteiger partial charge in [-0.05, 0) is 18.6 Å². The lowest BCUT2D eigenvalue weighted by molar-refractivity contribution is -0.182. The molecule has 3 rings (SSSR count). The van der Waals surface area contributed by atoms with Gasteiger partial charge in [-0.15, -0.1) is 0 Å². The lowest BCUT2D eigenvalue weighted by atomic mass is 10.00. The fourth-order valence-corrected chi connectivity index (χ4v) is 3.42. The largest absolute Gasteiger partial charge is 0.343 e. The molecule has 0 spiro atoms. The highest BCUT2D eigenvalue weighted by molar-refractivity contribution is 6.35. The van der Waals surface area contributed by atoms with E-state index in [9.17, 15) is 0 Å². The number of hydrogen-bond acceptors (Lipinski definition) is 4. The number of hydrogen-bond donors (Lipinski definition) is 1. The van der Waals surface area contributed by atoms with E-state index < -0.39 is 5.79 Å². The first-order chi connectivity index (χ1) is 11.1. The summed E-state index contributed by atoms with van der Waals surface area (Å²) in [7, 11) is 0. The van der Waals surface area contributed by atoms with Gasteiger partial charge in [0.1, 0.15) is 12.2 Å². The maximum atomic E-state index is 6.40. The summed E-state index contributed by atoms with van der Waals surface area (Å²) in [6, 6.07) is 5.40. The number of rotatable bonds is 6. The van der Waals surface area contributed by atoms with E-state index in [0.29, 0.717) is 29.5 Å². The Labute approximate surface area is 145 Å². The second kappa shape index (κ2) is 7.18. The second-order valence-corrected chi connectivity index (χ2v) is 6.49. The molecule has 2 aromatic rings. The topological polar surface area (TPSA) is 60.0 Å². The van der Waals surface area contributed by atoms with Crippen LogP contribution < -0.4 is 0 Å². The van der Waals surface area contributed by atoms with Crippen LogP contribution in [-0.4, -0.2) is 27.9 Å². The van der Waals surface area contributed by atoms with E-state index >= 15 is 0 Å². The van der Waals surface area contributed by atoms with Crippen LogP contribution in [-0.2, 0) is 21.7 Å². The molecular formula is C16H19Cl2N3O2. The van der Waals surface area contributed by atoms with Crippen molar-refractivity contribution in [3.05, 3.63) is 46.0 Å². The van der Waals surface area contributed by atoms with Gasteiger partial charge in [0.2, 0.25) is 0 Å². The molecule has 2 heterocycles. The molecule has 1 N–H and O–H groups in total. The summed E-state index contributed by atoms with van der Waals surface area (Å²) in [5.41, 5.74) is 0.807. The summed E-state index contributed by atoms with van der Waals surface area (Å²) < 4.78 is 12.4. The van der Waals surface area contributed by atoms with E-state index in [1.165, 1.54) is 6.33 Å². The molecule has 7 heteroatoms. The van der Waals surface area contributed by atoms with E-state index in [0.717, 1.165) is 24.2 Å². The predicted molar refractivity (Wildman–Crippen MR) is 88.6 cm³/mol. The highest BCUT2D eigenvalue weighted by Gasteiger charge is 2.44. The Morgan fingerprint density at radius 1 is 1.39 bits per heavy atom. The van der Waals surface area contributed by atoms with Crippen molar-refractivity contribution in [2.24, 2.45) is 0 Å². The summed E-state index contributed by atoms with van der Waals surface area (Å²) in [6.45, 7) is 2.69. The van der Waals surface area contributed by atoms with Crippen molar-refractivity contribution < 1.29 is 9.47 Å². The number of H-pyrrole nitrogens is 1. The number of benzene rings is 1. The zero-order valence-corrected chi connectivity index (χ0v) is 14.4. The number of aryl methyl sites for hydroxylation is 1. The number of aromatic amines is 1. The first-order valence-electron chi connectivity index (χ1n) is 7.74. The molecule has 2 atom stereocenters. The van der Waals surface area contributed by atoms with Crippen LogP contribution >= 0.6 is 23.2 Å². The Hall–Kier alpha value is -1.14. The summed E-state index contributed by atoms with van der Waals surface area (Å²) >= 11 is 12.4. The standard InChI is InChI=1S/C16H19Cl2N3O2/c1-2-3-12-9-22-16(23-12,7-6-15-19-10-20-21-15)13-5-4-11(17)8-14(13)18/h4-5,8,10,12H,2-3,6-7,9H2,1H3,(H,19,20,21). The molecule has 0 saturated carbocycles. The Morgan fingerprint density at radius 3 is 2.96 bits per heavy atom. The fraction of sp³-hybridized carbons (Fsp3) is 0.500. The predicted octanol–water partition coefficient (Wildman–Crippen LogP) is 4.11. The number of ether oxygens (including phenoxy) is 2. The van der Waals surface area contributed by atoms with Crippen LogP contribution in [0.3, 0.4) is 0 Å². The molecule has 2 unspecified atom stereocenters. The van der Waals surface area contributed by atoms with Gasteiger partial charge in [-0.25, -0.2) is 4.98 Å². The first-order valence-corrected chi connectivity index (χ1v) is 8.50. The van der Waals surface area contributed by atoms with E-state index in [2.05, 4.69) is 22.1 Å². The quantitative estimate of drug-likeness (QED) is 0.846. The van der Waals surface area contributed by atoms with Gasteiger partial charge < -0.3 is 9.47 Å². The lowest BCUT2D eigenvalue weighted by Gasteiger charge is -2.29. The van der Waals surface area contributed by atoms with E-state index in [1.54, 1.807) is 12.1 Å². The molecule has 5 nitrogen and oxygen atoms in total. The monoisotopic (exact) mass is 355 g/mol. The van der Waals surface area contributed by atoms with Crippen LogP contribution in [0.4, 0.5) is 0 Å². The van der Waals surface area contributed by atoms with Crippen molar-refractivity contribution in [1.82, 2.24) is 15.2 Å². The van der Waals surface area contributed by atoms with Crippen molar-refractivity contribution in [2.75, 3.05) is 6.61 Å². The van der Waals surface area contributed by atoms with Crippen molar-refractivity contribution in [3.8, 4) is 0 Å². The van der Waals surface area contributed by atoms with Crippen molar-refractivity contribution >= 4 is 23.2 Å². The molecule has 0 bridgehead atoms.